The van der Waals surface area contributed by atoms with Crippen LogP contribution in [0.15, 0.2) is 30.3 Å². The highest BCUT2D eigenvalue weighted by molar-refractivity contribution is 5.14. The molecule has 1 heterocycles. The number of hydrogen-bond acceptors (Lipinski definition) is 2. The normalized spacial score (nSPS) is 22.3. The van der Waals surface area contributed by atoms with Crippen LogP contribution in [0.3, 0.4) is 0 Å². The van der Waals surface area contributed by atoms with Crippen molar-refractivity contribution in [3.63, 3.8) is 0 Å². The Bertz CT molecular complexity index is 312. The zero-order valence-corrected chi connectivity index (χ0v) is 10.5. The van der Waals surface area contributed by atoms with E-state index in [1.165, 1.54) is 37.9 Å². The van der Waals surface area contributed by atoms with E-state index in [1.54, 1.807) is 0 Å². The molecule has 1 atom stereocenters. The minimum atomic E-state index is 0.351. The van der Waals surface area contributed by atoms with Gasteiger partial charge in [0.25, 0.3) is 0 Å². The molecule has 1 aromatic rings. The lowest BCUT2D eigenvalue weighted by Crippen LogP contribution is -2.24. The van der Waals surface area contributed by atoms with E-state index in [2.05, 4.69) is 35.2 Å². The molecule has 94 valence electrons. The number of rotatable bonds is 4. The second-order valence-electron chi connectivity index (χ2n) is 5.07. The first kappa shape index (κ1) is 12.6. The summed E-state index contributed by atoms with van der Waals surface area (Å²) in [7, 11) is 0. The highest BCUT2D eigenvalue weighted by Crippen LogP contribution is 2.21. The molecule has 0 aromatic heterocycles. The van der Waals surface area contributed by atoms with Crippen molar-refractivity contribution in [3.05, 3.63) is 35.9 Å². The highest BCUT2D eigenvalue weighted by Gasteiger charge is 2.16. The first-order valence-electron chi connectivity index (χ1n) is 6.75. The summed E-state index contributed by atoms with van der Waals surface area (Å²) in [5, 5.41) is 9.00. The number of aliphatic hydroxyl groups is 1. The van der Waals surface area contributed by atoms with Gasteiger partial charge in [0.15, 0.2) is 0 Å². The molecule has 1 saturated heterocycles. The third-order valence-electron chi connectivity index (χ3n) is 3.73. The third-order valence-corrected chi connectivity index (χ3v) is 3.73. The van der Waals surface area contributed by atoms with Crippen molar-refractivity contribution in [1.29, 1.82) is 0 Å². The van der Waals surface area contributed by atoms with Crippen molar-refractivity contribution >= 4 is 0 Å². The zero-order valence-electron chi connectivity index (χ0n) is 10.5. The highest BCUT2D eigenvalue weighted by atomic mass is 16.3. The van der Waals surface area contributed by atoms with Crippen LogP contribution in [0.5, 0.6) is 0 Å². The first-order valence-corrected chi connectivity index (χ1v) is 6.75. The fourth-order valence-corrected chi connectivity index (χ4v) is 2.70. The van der Waals surface area contributed by atoms with Crippen molar-refractivity contribution in [2.24, 2.45) is 5.92 Å². The lowest BCUT2D eigenvalue weighted by atomic mass is 9.98. The molecule has 2 heteroatoms. The molecule has 1 aliphatic rings. The maximum Gasteiger partial charge on any atom is 0.0433 e. The molecule has 1 N–H and O–H groups in total. The fourth-order valence-electron chi connectivity index (χ4n) is 2.70. The number of benzene rings is 1. The van der Waals surface area contributed by atoms with Gasteiger partial charge in [-0.15, -0.1) is 0 Å². The van der Waals surface area contributed by atoms with Crippen LogP contribution in [-0.2, 0) is 6.54 Å². The summed E-state index contributed by atoms with van der Waals surface area (Å²) in [5.74, 6) is 0.737. The van der Waals surface area contributed by atoms with Crippen molar-refractivity contribution in [3.8, 4) is 0 Å². The van der Waals surface area contributed by atoms with Gasteiger partial charge in [-0.05, 0) is 50.3 Å². The van der Waals surface area contributed by atoms with E-state index in [9.17, 15) is 0 Å². The molecule has 0 bridgehead atoms. The maximum absolute atomic E-state index is 9.00. The van der Waals surface area contributed by atoms with Gasteiger partial charge in [-0.25, -0.2) is 0 Å². The predicted octanol–water partition coefficient (Wildman–Crippen LogP) is 2.67. The summed E-state index contributed by atoms with van der Waals surface area (Å²) < 4.78 is 0. The van der Waals surface area contributed by atoms with Gasteiger partial charge in [0, 0.05) is 13.2 Å². The van der Waals surface area contributed by atoms with Gasteiger partial charge in [0.05, 0.1) is 0 Å². The standard InChI is InChI=1S/C15H23NO/c17-12-9-14-7-4-10-16(11-8-14)13-15-5-2-1-3-6-15/h1-3,5-6,14,17H,4,7-13H2. The average molecular weight is 233 g/mol. The van der Waals surface area contributed by atoms with Crippen LogP contribution >= 0.6 is 0 Å². The second-order valence-corrected chi connectivity index (χ2v) is 5.07. The van der Waals surface area contributed by atoms with E-state index < -0.39 is 0 Å². The van der Waals surface area contributed by atoms with Crippen LogP contribution in [0.1, 0.15) is 31.2 Å². The van der Waals surface area contributed by atoms with Gasteiger partial charge >= 0.3 is 0 Å². The largest absolute Gasteiger partial charge is 0.396 e. The summed E-state index contributed by atoms with van der Waals surface area (Å²) in [6.45, 7) is 3.81. The molecule has 0 amide bonds. The van der Waals surface area contributed by atoms with Gasteiger partial charge < -0.3 is 5.11 Å². The van der Waals surface area contributed by atoms with Gasteiger partial charge in [-0.1, -0.05) is 30.3 Å². The molecule has 1 fully saturated rings. The number of aliphatic hydroxyl groups excluding tert-OH is 1. The minimum absolute atomic E-state index is 0.351. The Morgan fingerprint density at radius 2 is 1.94 bits per heavy atom. The number of nitrogens with zero attached hydrogens (tertiary/aromatic N) is 1. The van der Waals surface area contributed by atoms with Crippen molar-refractivity contribution in [2.45, 2.75) is 32.2 Å². The van der Waals surface area contributed by atoms with Crippen molar-refractivity contribution < 1.29 is 5.11 Å². The molecule has 1 aromatic carbocycles. The topological polar surface area (TPSA) is 23.5 Å². The van der Waals surface area contributed by atoms with Crippen molar-refractivity contribution in [1.82, 2.24) is 4.90 Å². The maximum atomic E-state index is 9.00. The van der Waals surface area contributed by atoms with E-state index in [4.69, 9.17) is 5.11 Å². The molecule has 0 aliphatic carbocycles. The molecule has 2 nitrogen and oxygen atoms in total. The van der Waals surface area contributed by atoms with Crippen LogP contribution in [-0.4, -0.2) is 29.7 Å². The van der Waals surface area contributed by atoms with Crippen LogP contribution in [0.4, 0.5) is 0 Å². The Balaban J connectivity index is 1.83. The minimum Gasteiger partial charge on any atom is -0.396 e. The fraction of sp³-hybridized carbons (Fsp3) is 0.600. The molecule has 1 unspecified atom stereocenters. The van der Waals surface area contributed by atoms with Crippen LogP contribution in [0.25, 0.3) is 0 Å². The Labute approximate surface area is 104 Å². The van der Waals surface area contributed by atoms with Gasteiger partial charge in [-0.2, -0.15) is 0 Å². The Kier molecular flexibility index (Phi) is 5.02. The van der Waals surface area contributed by atoms with Crippen LogP contribution in [0, 0.1) is 5.92 Å². The molecule has 0 radical (unpaired) electrons. The van der Waals surface area contributed by atoms with Gasteiger partial charge in [0.2, 0.25) is 0 Å². The molecule has 17 heavy (non-hydrogen) atoms. The molecule has 0 saturated carbocycles. The molecular weight excluding hydrogens is 210 g/mol. The molecule has 2 rings (SSSR count). The number of likely N-dealkylation sites (tertiary alicyclic amines) is 1. The van der Waals surface area contributed by atoms with Gasteiger partial charge in [0.1, 0.15) is 0 Å². The third kappa shape index (κ3) is 4.14. The Hall–Kier alpha value is -0.860. The summed E-state index contributed by atoms with van der Waals surface area (Å²) in [6, 6.07) is 10.7. The van der Waals surface area contributed by atoms with Gasteiger partial charge in [-0.3, -0.25) is 4.90 Å². The smallest absolute Gasteiger partial charge is 0.0433 e. The monoisotopic (exact) mass is 233 g/mol. The summed E-state index contributed by atoms with van der Waals surface area (Å²) >= 11 is 0. The predicted molar refractivity (Wildman–Crippen MR) is 70.8 cm³/mol. The molecule has 0 spiro atoms. The second kappa shape index (κ2) is 6.77. The van der Waals surface area contributed by atoms with Crippen molar-refractivity contribution in [2.75, 3.05) is 19.7 Å². The summed E-state index contributed by atoms with van der Waals surface area (Å²) in [4.78, 5) is 2.55. The average Bonchev–Trinajstić information content (AvgIpc) is 2.57. The quantitative estimate of drug-likeness (QED) is 0.864. The lowest BCUT2D eigenvalue weighted by Gasteiger charge is -2.20. The number of hydrogen-bond donors (Lipinski definition) is 1. The summed E-state index contributed by atoms with van der Waals surface area (Å²) in [5.41, 5.74) is 1.41. The van der Waals surface area contributed by atoms with E-state index in [0.29, 0.717) is 6.61 Å². The van der Waals surface area contributed by atoms with E-state index in [1.807, 2.05) is 0 Å². The summed E-state index contributed by atoms with van der Waals surface area (Å²) in [6.07, 6.45) is 4.79. The Morgan fingerprint density at radius 1 is 1.12 bits per heavy atom. The Morgan fingerprint density at radius 3 is 2.71 bits per heavy atom. The van der Waals surface area contributed by atoms with Crippen LogP contribution in [0.2, 0.25) is 0 Å². The van der Waals surface area contributed by atoms with E-state index in [0.717, 1.165) is 18.9 Å². The first-order chi connectivity index (χ1) is 8.38. The van der Waals surface area contributed by atoms with Crippen LogP contribution < -0.4 is 0 Å². The molecule has 1 aliphatic heterocycles. The zero-order chi connectivity index (χ0) is 11.9. The lowest BCUT2D eigenvalue weighted by molar-refractivity contribution is 0.240. The molecular formula is C15H23NO. The SMILES string of the molecule is OCCC1CCCN(Cc2ccccc2)CC1. The van der Waals surface area contributed by atoms with E-state index in [-0.39, 0.29) is 0 Å². The van der Waals surface area contributed by atoms with E-state index >= 15 is 0 Å².